The van der Waals surface area contributed by atoms with Crippen molar-refractivity contribution in [1.29, 1.82) is 0 Å². The molecular formula is C8H6Br2ClFO. The maximum Gasteiger partial charge on any atom is 0.169 e. The second-order valence-corrected chi connectivity index (χ2v) is 4.32. The van der Waals surface area contributed by atoms with Crippen LogP contribution in [0.5, 0.6) is 5.75 Å². The zero-order valence-electron chi connectivity index (χ0n) is 6.49. The molecule has 72 valence electrons. The van der Waals surface area contributed by atoms with E-state index in [4.69, 9.17) is 16.3 Å². The highest BCUT2D eigenvalue weighted by Gasteiger charge is 2.09. The van der Waals surface area contributed by atoms with Crippen LogP contribution in [-0.2, 0) is 0 Å². The van der Waals surface area contributed by atoms with Gasteiger partial charge in [-0.25, -0.2) is 4.39 Å². The van der Waals surface area contributed by atoms with Gasteiger partial charge in [-0.05, 0) is 28.1 Å². The fourth-order valence-corrected chi connectivity index (χ4v) is 1.86. The first-order valence-corrected chi connectivity index (χ1v) is 5.77. The fourth-order valence-electron chi connectivity index (χ4n) is 0.807. The molecule has 0 heterocycles. The van der Waals surface area contributed by atoms with Crippen LogP contribution in [-0.4, -0.2) is 11.9 Å². The van der Waals surface area contributed by atoms with Crippen LogP contribution in [0.2, 0.25) is 5.02 Å². The van der Waals surface area contributed by atoms with Crippen molar-refractivity contribution in [2.24, 2.45) is 0 Å². The molecule has 0 amide bonds. The van der Waals surface area contributed by atoms with Crippen molar-refractivity contribution < 1.29 is 9.13 Å². The van der Waals surface area contributed by atoms with Crippen molar-refractivity contribution >= 4 is 43.5 Å². The highest BCUT2D eigenvalue weighted by molar-refractivity contribution is 9.10. The lowest BCUT2D eigenvalue weighted by atomic mass is 10.3. The first-order valence-electron chi connectivity index (χ1n) is 3.48. The summed E-state index contributed by atoms with van der Waals surface area (Å²) in [4.78, 5) is 0. The van der Waals surface area contributed by atoms with E-state index < -0.39 is 5.82 Å². The molecule has 1 aromatic carbocycles. The van der Waals surface area contributed by atoms with Gasteiger partial charge in [-0.15, -0.1) is 0 Å². The molecule has 1 nitrogen and oxygen atoms in total. The van der Waals surface area contributed by atoms with Crippen molar-refractivity contribution in [2.45, 2.75) is 0 Å². The van der Waals surface area contributed by atoms with Gasteiger partial charge in [0.15, 0.2) is 11.6 Å². The van der Waals surface area contributed by atoms with E-state index in [9.17, 15) is 4.39 Å². The van der Waals surface area contributed by atoms with E-state index in [0.717, 1.165) is 0 Å². The van der Waals surface area contributed by atoms with E-state index in [1.165, 1.54) is 6.07 Å². The smallest absolute Gasteiger partial charge is 0.169 e. The lowest BCUT2D eigenvalue weighted by Crippen LogP contribution is -2.00. The van der Waals surface area contributed by atoms with Crippen molar-refractivity contribution in [3.05, 3.63) is 27.4 Å². The molecule has 0 aliphatic rings. The highest BCUT2D eigenvalue weighted by Crippen LogP contribution is 2.31. The summed E-state index contributed by atoms with van der Waals surface area (Å²) in [5.74, 6) is -0.260. The van der Waals surface area contributed by atoms with E-state index >= 15 is 0 Å². The Morgan fingerprint density at radius 2 is 2.15 bits per heavy atom. The predicted octanol–water partition coefficient (Wildman–Crippen LogP) is 4.02. The Hall–Kier alpha value is 0.200. The van der Waals surface area contributed by atoms with E-state index in [-0.39, 0.29) is 5.75 Å². The molecule has 1 rings (SSSR count). The number of ether oxygens (including phenoxy) is 1. The molecule has 0 bridgehead atoms. The molecular weight excluding hydrogens is 326 g/mol. The SMILES string of the molecule is Fc1cc(Cl)cc(Br)c1OCCBr. The van der Waals surface area contributed by atoms with Crippen LogP contribution in [0.25, 0.3) is 0 Å². The molecule has 0 aliphatic carbocycles. The molecule has 5 heteroatoms. The zero-order valence-corrected chi connectivity index (χ0v) is 10.4. The molecule has 0 aromatic heterocycles. The number of rotatable bonds is 3. The van der Waals surface area contributed by atoms with Crippen molar-refractivity contribution in [2.75, 3.05) is 11.9 Å². The molecule has 0 unspecified atom stereocenters. The number of hydrogen-bond donors (Lipinski definition) is 0. The molecule has 0 saturated heterocycles. The third-order valence-electron chi connectivity index (χ3n) is 1.29. The van der Waals surface area contributed by atoms with Gasteiger partial charge in [-0.1, -0.05) is 27.5 Å². The van der Waals surface area contributed by atoms with Crippen molar-refractivity contribution in [3.63, 3.8) is 0 Å². The van der Waals surface area contributed by atoms with Gasteiger partial charge in [0.25, 0.3) is 0 Å². The molecule has 0 saturated carbocycles. The lowest BCUT2D eigenvalue weighted by Gasteiger charge is -2.07. The number of halogens is 4. The Kier molecular flexibility index (Phi) is 4.49. The summed E-state index contributed by atoms with van der Waals surface area (Å²) in [6.45, 7) is 0.414. The van der Waals surface area contributed by atoms with Crippen LogP contribution in [0.4, 0.5) is 4.39 Å². The zero-order chi connectivity index (χ0) is 9.84. The average molecular weight is 332 g/mol. The molecule has 0 spiro atoms. The number of hydrogen-bond acceptors (Lipinski definition) is 1. The minimum absolute atomic E-state index is 0.198. The molecule has 13 heavy (non-hydrogen) atoms. The van der Waals surface area contributed by atoms with E-state index in [1.807, 2.05) is 0 Å². The third kappa shape index (κ3) is 3.11. The quantitative estimate of drug-likeness (QED) is 0.760. The number of alkyl halides is 1. The first-order chi connectivity index (χ1) is 6.15. The number of benzene rings is 1. The van der Waals surface area contributed by atoms with Gasteiger partial charge in [0.1, 0.15) is 0 Å². The van der Waals surface area contributed by atoms with Crippen LogP contribution in [0.1, 0.15) is 0 Å². The summed E-state index contributed by atoms with van der Waals surface area (Å²) >= 11 is 12.0. The van der Waals surface area contributed by atoms with Gasteiger partial charge < -0.3 is 4.74 Å². The van der Waals surface area contributed by atoms with Crippen LogP contribution >= 0.6 is 43.5 Å². The third-order valence-corrected chi connectivity index (χ3v) is 2.42. The monoisotopic (exact) mass is 330 g/mol. The van der Waals surface area contributed by atoms with Gasteiger partial charge in [0.05, 0.1) is 11.1 Å². The van der Waals surface area contributed by atoms with Crippen LogP contribution in [0, 0.1) is 5.82 Å². The summed E-state index contributed by atoms with van der Waals surface area (Å²) in [5, 5.41) is 0.997. The maximum absolute atomic E-state index is 13.2. The summed E-state index contributed by atoms with van der Waals surface area (Å²) in [5.41, 5.74) is 0. The molecule has 0 fully saturated rings. The Morgan fingerprint density at radius 1 is 1.46 bits per heavy atom. The Labute approximate surface area is 97.5 Å². The molecule has 1 aromatic rings. The van der Waals surface area contributed by atoms with Gasteiger partial charge >= 0.3 is 0 Å². The van der Waals surface area contributed by atoms with E-state index in [1.54, 1.807) is 6.07 Å². The van der Waals surface area contributed by atoms with Crippen LogP contribution < -0.4 is 4.74 Å². The second-order valence-electron chi connectivity index (χ2n) is 2.24. The van der Waals surface area contributed by atoms with Crippen molar-refractivity contribution in [1.82, 2.24) is 0 Å². The van der Waals surface area contributed by atoms with Crippen molar-refractivity contribution in [3.8, 4) is 5.75 Å². The summed E-state index contributed by atoms with van der Waals surface area (Å²) in [7, 11) is 0. The van der Waals surface area contributed by atoms with Gasteiger partial charge in [-0.3, -0.25) is 0 Å². The Balaban J connectivity index is 2.92. The van der Waals surface area contributed by atoms with Gasteiger partial charge in [-0.2, -0.15) is 0 Å². The Bertz CT molecular complexity index is 283. The molecule has 0 N–H and O–H groups in total. The fraction of sp³-hybridized carbons (Fsp3) is 0.250. The topological polar surface area (TPSA) is 9.23 Å². The highest BCUT2D eigenvalue weighted by atomic mass is 79.9. The minimum atomic E-state index is -0.458. The average Bonchev–Trinajstić information content (AvgIpc) is 2.02. The second kappa shape index (κ2) is 5.17. The van der Waals surface area contributed by atoms with Crippen LogP contribution in [0.3, 0.4) is 0 Å². The van der Waals surface area contributed by atoms with E-state index in [0.29, 0.717) is 21.4 Å². The van der Waals surface area contributed by atoms with Gasteiger partial charge in [0, 0.05) is 10.4 Å². The summed E-state index contributed by atoms with van der Waals surface area (Å²) in [6.07, 6.45) is 0. The predicted molar refractivity (Wildman–Crippen MR) is 58.4 cm³/mol. The lowest BCUT2D eigenvalue weighted by molar-refractivity contribution is 0.323. The standard InChI is InChI=1S/C8H6Br2ClFO/c9-1-2-13-8-6(10)3-5(11)4-7(8)12/h3-4H,1-2H2. The minimum Gasteiger partial charge on any atom is -0.488 e. The van der Waals surface area contributed by atoms with Gasteiger partial charge in [0.2, 0.25) is 0 Å². The first kappa shape index (κ1) is 11.3. The van der Waals surface area contributed by atoms with E-state index in [2.05, 4.69) is 31.9 Å². The summed E-state index contributed by atoms with van der Waals surface area (Å²) in [6, 6.07) is 2.81. The maximum atomic E-state index is 13.2. The summed E-state index contributed by atoms with van der Waals surface area (Å²) < 4.78 is 18.9. The normalized spacial score (nSPS) is 10.2. The Morgan fingerprint density at radius 3 is 2.69 bits per heavy atom. The molecule has 0 radical (unpaired) electrons. The molecule has 0 aliphatic heterocycles. The molecule has 0 atom stereocenters. The largest absolute Gasteiger partial charge is 0.488 e. The van der Waals surface area contributed by atoms with Crippen LogP contribution in [0.15, 0.2) is 16.6 Å².